The van der Waals surface area contributed by atoms with Gasteiger partial charge < -0.3 is 10.2 Å². The third-order valence-electron chi connectivity index (χ3n) is 7.35. The molecule has 11 heteroatoms. The molecule has 45 heavy (non-hydrogen) atoms. The number of para-hydroxylation sites is 1. The summed E-state index contributed by atoms with van der Waals surface area (Å²) < 4.78 is 29.1. The number of rotatable bonds is 13. The summed E-state index contributed by atoms with van der Waals surface area (Å²) in [4.78, 5) is 29.7. The summed E-state index contributed by atoms with van der Waals surface area (Å²) in [5.41, 5.74) is 1.67. The van der Waals surface area contributed by atoms with Gasteiger partial charge in [-0.25, -0.2) is 8.42 Å². The van der Waals surface area contributed by atoms with Crippen molar-refractivity contribution in [3.63, 3.8) is 0 Å². The van der Waals surface area contributed by atoms with Gasteiger partial charge >= 0.3 is 0 Å². The standard InChI is InChI=1S/C34H34Cl3N3O4S/c1-3-24(2)38-34(42)32(20-25-10-6-4-7-11-25)39(22-26-14-15-28(36)21-31(26)37)33(41)23-40(29-12-8-5-9-13-29)45(43,44)30-18-16-27(35)17-19-30/h4-19,21,24,32H,3,20,22-23H2,1-2H3,(H,38,42)/t24-,32-/m0/s1. The molecule has 2 amide bonds. The highest BCUT2D eigenvalue weighted by atomic mass is 35.5. The van der Waals surface area contributed by atoms with Crippen LogP contribution in [0.5, 0.6) is 0 Å². The zero-order chi connectivity index (χ0) is 32.6. The molecule has 236 valence electrons. The van der Waals surface area contributed by atoms with Crippen molar-refractivity contribution in [2.75, 3.05) is 10.8 Å². The van der Waals surface area contributed by atoms with E-state index in [1.807, 2.05) is 44.2 Å². The molecular formula is C34H34Cl3N3O4S. The fourth-order valence-electron chi connectivity index (χ4n) is 4.69. The molecule has 0 aliphatic heterocycles. The first-order chi connectivity index (χ1) is 21.5. The van der Waals surface area contributed by atoms with E-state index >= 15 is 0 Å². The molecule has 0 fully saturated rings. The highest BCUT2D eigenvalue weighted by molar-refractivity contribution is 7.92. The average Bonchev–Trinajstić information content (AvgIpc) is 3.03. The number of nitrogens with one attached hydrogen (secondary N) is 1. The molecule has 4 aromatic rings. The van der Waals surface area contributed by atoms with Gasteiger partial charge in [0.05, 0.1) is 10.6 Å². The quantitative estimate of drug-likeness (QED) is 0.159. The fourth-order valence-corrected chi connectivity index (χ4v) is 6.69. The van der Waals surface area contributed by atoms with Crippen LogP contribution in [0.1, 0.15) is 31.4 Å². The van der Waals surface area contributed by atoms with Crippen LogP contribution >= 0.6 is 34.8 Å². The summed E-state index contributed by atoms with van der Waals surface area (Å²) in [6, 6.07) is 27.2. The smallest absolute Gasteiger partial charge is 0.264 e. The lowest BCUT2D eigenvalue weighted by atomic mass is 10.0. The second-order valence-corrected chi connectivity index (χ2v) is 13.7. The summed E-state index contributed by atoms with van der Waals surface area (Å²) in [6.07, 6.45) is 0.872. The van der Waals surface area contributed by atoms with Crippen LogP contribution in [-0.4, -0.2) is 43.8 Å². The van der Waals surface area contributed by atoms with Gasteiger partial charge in [0.1, 0.15) is 12.6 Å². The van der Waals surface area contributed by atoms with E-state index in [1.165, 1.54) is 29.2 Å². The van der Waals surface area contributed by atoms with Crippen molar-refractivity contribution in [3.05, 3.63) is 129 Å². The predicted molar refractivity (Wildman–Crippen MR) is 181 cm³/mol. The maximum atomic E-state index is 14.5. The molecule has 0 aliphatic carbocycles. The Morgan fingerprint density at radius 2 is 1.42 bits per heavy atom. The average molecular weight is 687 g/mol. The van der Waals surface area contributed by atoms with Crippen LogP contribution in [0, 0.1) is 0 Å². The first kappa shape index (κ1) is 34.3. The van der Waals surface area contributed by atoms with E-state index in [0.717, 1.165) is 9.87 Å². The molecule has 4 rings (SSSR count). The molecule has 4 aromatic carbocycles. The molecule has 0 aliphatic rings. The number of halogens is 3. The van der Waals surface area contributed by atoms with Gasteiger partial charge in [-0.3, -0.25) is 13.9 Å². The Bertz CT molecular complexity index is 1710. The van der Waals surface area contributed by atoms with Gasteiger partial charge in [-0.05, 0) is 73.0 Å². The van der Waals surface area contributed by atoms with Crippen molar-refractivity contribution in [1.29, 1.82) is 0 Å². The Balaban J connectivity index is 1.81. The number of carbonyl (C=O) groups excluding carboxylic acids is 2. The number of hydrogen-bond acceptors (Lipinski definition) is 4. The molecule has 0 radical (unpaired) electrons. The van der Waals surface area contributed by atoms with Crippen molar-refractivity contribution in [2.24, 2.45) is 0 Å². The second-order valence-electron chi connectivity index (χ2n) is 10.6. The first-order valence-corrected chi connectivity index (χ1v) is 17.0. The first-order valence-electron chi connectivity index (χ1n) is 14.4. The Morgan fingerprint density at radius 1 is 0.822 bits per heavy atom. The van der Waals surface area contributed by atoms with Crippen molar-refractivity contribution in [3.8, 4) is 0 Å². The molecule has 1 N–H and O–H groups in total. The van der Waals surface area contributed by atoms with E-state index in [9.17, 15) is 18.0 Å². The maximum Gasteiger partial charge on any atom is 0.264 e. The molecule has 2 atom stereocenters. The monoisotopic (exact) mass is 685 g/mol. The molecule has 0 spiro atoms. The minimum absolute atomic E-state index is 0.0359. The van der Waals surface area contributed by atoms with Gasteiger partial charge in [-0.1, -0.05) is 96.3 Å². The van der Waals surface area contributed by atoms with Crippen molar-refractivity contribution < 1.29 is 18.0 Å². The number of hydrogen-bond donors (Lipinski definition) is 1. The molecule has 0 saturated carbocycles. The molecule has 0 saturated heterocycles. The van der Waals surface area contributed by atoms with Gasteiger partial charge in [0.2, 0.25) is 11.8 Å². The van der Waals surface area contributed by atoms with E-state index in [1.54, 1.807) is 48.5 Å². The minimum Gasteiger partial charge on any atom is -0.352 e. The van der Waals surface area contributed by atoms with Crippen molar-refractivity contribution in [1.82, 2.24) is 10.2 Å². The third kappa shape index (κ3) is 9.01. The van der Waals surface area contributed by atoms with Gasteiger partial charge in [0.25, 0.3) is 10.0 Å². The summed E-state index contributed by atoms with van der Waals surface area (Å²) in [7, 11) is -4.23. The molecule has 0 unspecified atom stereocenters. The van der Waals surface area contributed by atoms with Crippen LogP contribution < -0.4 is 9.62 Å². The summed E-state index contributed by atoms with van der Waals surface area (Å²) in [5, 5.41) is 4.12. The fraction of sp³-hybridized carbons (Fsp3) is 0.235. The Labute approximate surface area is 279 Å². The summed E-state index contributed by atoms with van der Waals surface area (Å²) >= 11 is 18.7. The van der Waals surface area contributed by atoms with Crippen LogP contribution in [0.25, 0.3) is 0 Å². The Kier molecular flexibility index (Phi) is 11.9. The summed E-state index contributed by atoms with van der Waals surface area (Å²) in [6.45, 7) is 3.19. The third-order valence-corrected chi connectivity index (χ3v) is 9.98. The maximum absolute atomic E-state index is 14.5. The number of sulfonamides is 1. The zero-order valence-electron chi connectivity index (χ0n) is 24.9. The van der Waals surface area contributed by atoms with Crippen LogP contribution in [0.15, 0.2) is 108 Å². The topological polar surface area (TPSA) is 86.8 Å². The van der Waals surface area contributed by atoms with Crippen molar-refractivity contribution in [2.45, 2.75) is 50.2 Å². The normalized spacial score (nSPS) is 12.6. The lowest BCUT2D eigenvalue weighted by molar-refractivity contribution is -0.140. The van der Waals surface area contributed by atoms with Crippen LogP contribution in [0.2, 0.25) is 15.1 Å². The molecule has 7 nitrogen and oxygen atoms in total. The highest BCUT2D eigenvalue weighted by Gasteiger charge is 2.35. The number of carbonyl (C=O) groups is 2. The van der Waals surface area contributed by atoms with E-state index < -0.39 is 28.5 Å². The van der Waals surface area contributed by atoms with E-state index in [0.29, 0.717) is 27.1 Å². The van der Waals surface area contributed by atoms with E-state index in [2.05, 4.69) is 5.32 Å². The molecule has 0 aromatic heterocycles. The molecule has 0 heterocycles. The van der Waals surface area contributed by atoms with Crippen molar-refractivity contribution >= 4 is 62.3 Å². The number of benzene rings is 4. The number of nitrogens with zero attached hydrogens (tertiary/aromatic N) is 2. The van der Waals surface area contributed by atoms with E-state index in [4.69, 9.17) is 34.8 Å². The summed E-state index contributed by atoms with van der Waals surface area (Å²) in [5.74, 6) is -0.957. The predicted octanol–water partition coefficient (Wildman–Crippen LogP) is 7.40. The number of anilines is 1. The number of amides is 2. The molecular weight excluding hydrogens is 653 g/mol. The van der Waals surface area contributed by atoms with E-state index in [-0.39, 0.29) is 35.5 Å². The van der Waals surface area contributed by atoms with Gasteiger partial charge in [-0.15, -0.1) is 0 Å². The van der Waals surface area contributed by atoms with Crippen LogP contribution in [0.3, 0.4) is 0 Å². The molecule has 0 bridgehead atoms. The Hall–Kier alpha value is -3.56. The Morgan fingerprint density at radius 3 is 2.02 bits per heavy atom. The zero-order valence-corrected chi connectivity index (χ0v) is 28.0. The van der Waals surface area contributed by atoms with Crippen LogP contribution in [0.4, 0.5) is 5.69 Å². The van der Waals surface area contributed by atoms with Gasteiger partial charge in [0, 0.05) is 34.1 Å². The van der Waals surface area contributed by atoms with Gasteiger partial charge in [0.15, 0.2) is 0 Å². The minimum atomic E-state index is -4.23. The van der Waals surface area contributed by atoms with Crippen LogP contribution in [-0.2, 0) is 32.6 Å². The SMILES string of the molecule is CC[C@H](C)NC(=O)[C@H](Cc1ccccc1)N(Cc1ccc(Cl)cc1Cl)C(=O)CN(c1ccccc1)S(=O)(=O)c1ccc(Cl)cc1. The van der Waals surface area contributed by atoms with Gasteiger partial charge in [-0.2, -0.15) is 0 Å². The highest BCUT2D eigenvalue weighted by Crippen LogP contribution is 2.27. The second kappa shape index (κ2) is 15.6. The lowest BCUT2D eigenvalue weighted by Crippen LogP contribution is -2.54. The largest absolute Gasteiger partial charge is 0.352 e. The lowest BCUT2D eigenvalue weighted by Gasteiger charge is -2.34.